The molecule has 0 N–H and O–H groups in total. The summed E-state index contributed by atoms with van der Waals surface area (Å²) in [4.78, 5) is 21.7. The van der Waals surface area contributed by atoms with Crippen molar-refractivity contribution in [2.45, 2.75) is 13.8 Å². The van der Waals surface area contributed by atoms with Gasteiger partial charge in [0.25, 0.3) is 0 Å². The number of hydrogen-bond acceptors (Lipinski definition) is 4. The molecule has 0 heterocycles. The fourth-order valence-corrected chi connectivity index (χ4v) is 1.03. The second-order valence-electron chi connectivity index (χ2n) is 2.16. The van der Waals surface area contributed by atoms with Crippen molar-refractivity contribution in [1.82, 2.24) is 0 Å². The molecule has 12 heavy (non-hydrogen) atoms. The number of ether oxygens (including phenoxy) is 1. The molecular weight excluding hydrogens is 176 g/mol. The van der Waals surface area contributed by atoms with Crippen LogP contribution in [0, 0.1) is 0 Å². The van der Waals surface area contributed by atoms with E-state index in [1.54, 1.807) is 13.8 Å². The molecule has 68 valence electrons. The van der Waals surface area contributed by atoms with Crippen LogP contribution in [0.2, 0.25) is 0 Å². The summed E-state index contributed by atoms with van der Waals surface area (Å²) in [5, 5.41) is -0.164. The van der Waals surface area contributed by atoms with Gasteiger partial charge in [-0.3, -0.25) is 9.59 Å². The summed E-state index contributed by atoms with van der Waals surface area (Å²) in [6, 6.07) is 0. The molecule has 0 aromatic heterocycles. The van der Waals surface area contributed by atoms with Gasteiger partial charge < -0.3 is 4.74 Å². The summed E-state index contributed by atoms with van der Waals surface area (Å²) in [6.45, 7) is 7.14. The fourth-order valence-electron chi connectivity index (χ4n) is 0.450. The average molecular weight is 188 g/mol. The third-order valence-corrected chi connectivity index (χ3v) is 1.97. The van der Waals surface area contributed by atoms with Crippen molar-refractivity contribution in [2.75, 3.05) is 12.4 Å². The van der Waals surface area contributed by atoms with Crippen LogP contribution < -0.4 is 0 Å². The number of rotatable bonds is 4. The van der Waals surface area contributed by atoms with E-state index in [2.05, 4.69) is 11.3 Å². The zero-order chi connectivity index (χ0) is 9.56. The summed E-state index contributed by atoms with van der Waals surface area (Å²) < 4.78 is 4.63. The van der Waals surface area contributed by atoms with Crippen LogP contribution in [0.1, 0.15) is 13.8 Å². The average Bonchev–Trinajstić information content (AvgIpc) is 2.00. The van der Waals surface area contributed by atoms with Crippen LogP contribution in [-0.4, -0.2) is 23.4 Å². The Balaban J connectivity index is 3.61. The lowest BCUT2D eigenvalue weighted by Crippen LogP contribution is -2.08. The molecule has 0 aliphatic rings. The molecule has 0 aromatic carbocycles. The lowest BCUT2D eigenvalue weighted by molar-refractivity contribution is -0.139. The summed E-state index contributed by atoms with van der Waals surface area (Å²) >= 11 is 0.920. The van der Waals surface area contributed by atoms with Crippen LogP contribution in [0.4, 0.5) is 0 Å². The molecule has 0 rings (SSSR count). The van der Waals surface area contributed by atoms with Gasteiger partial charge >= 0.3 is 5.97 Å². The Morgan fingerprint density at radius 1 is 1.50 bits per heavy atom. The molecule has 0 unspecified atom stereocenters. The first-order chi connectivity index (χ1) is 5.57. The Labute approximate surface area is 76.2 Å². The summed E-state index contributed by atoms with van der Waals surface area (Å²) in [5.41, 5.74) is 0.448. The number of esters is 1. The molecule has 0 atom stereocenters. The Morgan fingerprint density at radius 2 is 2.08 bits per heavy atom. The number of thioether (sulfide) groups is 1. The van der Waals surface area contributed by atoms with Gasteiger partial charge in [-0.2, -0.15) is 0 Å². The molecule has 0 aliphatic carbocycles. The van der Waals surface area contributed by atoms with Gasteiger partial charge in [-0.15, -0.1) is 0 Å². The molecule has 0 amide bonds. The highest BCUT2D eigenvalue weighted by Crippen LogP contribution is 2.08. The monoisotopic (exact) mass is 188 g/mol. The van der Waals surface area contributed by atoms with Gasteiger partial charge in [0, 0.05) is 0 Å². The maximum absolute atomic E-state index is 10.9. The van der Waals surface area contributed by atoms with Crippen LogP contribution in [0.15, 0.2) is 12.2 Å². The maximum atomic E-state index is 10.9. The molecular formula is C8H12O3S. The van der Waals surface area contributed by atoms with Crippen molar-refractivity contribution >= 4 is 22.8 Å². The van der Waals surface area contributed by atoms with E-state index < -0.39 is 0 Å². The van der Waals surface area contributed by atoms with Crippen molar-refractivity contribution in [1.29, 1.82) is 0 Å². The molecule has 4 heteroatoms. The van der Waals surface area contributed by atoms with Gasteiger partial charge in [-0.1, -0.05) is 18.3 Å². The lowest BCUT2D eigenvalue weighted by atomic mass is 10.4. The fraction of sp³-hybridized carbons (Fsp3) is 0.500. The standard InChI is InChI=1S/C8H12O3S/c1-4-11-7(9)5-12-8(10)6(2)3/h2,4-5H2,1,3H3. The molecule has 0 spiro atoms. The van der Waals surface area contributed by atoms with Crippen molar-refractivity contribution < 1.29 is 14.3 Å². The molecule has 0 bridgehead atoms. The van der Waals surface area contributed by atoms with E-state index in [9.17, 15) is 9.59 Å². The van der Waals surface area contributed by atoms with Gasteiger partial charge in [0.2, 0.25) is 5.12 Å². The van der Waals surface area contributed by atoms with Gasteiger partial charge in [0.15, 0.2) is 0 Å². The Kier molecular flexibility index (Phi) is 5.45. The summed E-state index contributed by atoms with van der Waals surface area (Å²) in [7, 11) is 0. The third kappa shape index (κ3) is 4.96. The van der Waals surface area contributed by atoms with Gasteiger partial charge in [0.05, 0.1) is 12.4 Å². The van der Waals surface area contributed by atoms with Crippen LogP contribution in [0.3, 0.4) is 0 Å². The van der Waals surface area contributed by atoms with Gasteiger partial charge in [-0.05, 0) is 19.4 Å². The van der Waals surface area contributed by atoms with E-state index in [1.807, 2.05) is 0 Å². The SMILES string of the molecule is C=C(C)C(=O)SCC(=O)OCC. The van der Waals surface area contributed by atoms with E-state index in [1.165, 1.54) is 0 Å². The van der Waals surface area contributed by atoms with Crippen LogP contribution in [-0.2, 0) is 14.3 Å². The molecule has 0 radical (unpaired) electrons. The number of carbonyl (C=O) groups is 2. The van der Waals surface area contributed by atoms with Crippen LogP contribution in [0.5, 0.6) is 0 Å². The van der Waals surface area contributed by atoms with Gasteiger partial charge in [0.1, 0.15) is 0 Å². The van der Waals surface area contributed by atoms with E-state index in [0.29, 0.717) is 12.2 Å². The minimum atomic E-state index is -0.364. The van der Waals surface area contributed by atoms with E-state index in [-0.39, 0.29) is 16.8 Å². The Bertz CT molecular complexity index is 198. The first-order valence-electron chi connectivity index (χ1n) is 3.56. The third-order valence-electron chi connectivity index (χ3n) is 0.975. The highest BCUT2D eigenvalue weighted by atomic mass is 32.2. The molecule has 3 nitrogen and oxygen atoms in total. The summed E-state index contributed by atoms with van der Waals surface area (Å²) in [5.74, 6) is -0.295. The minimum Gasteiger partial charge on any atom is -0.465 e. The molecule has 0 saturated carbocycles. The highest BCUT2D eigenvalue weighted by Gasteiger charge is 2.07. The van der Waals surface area contributed by atoms with Crippen molar-refractivity contribution in [3.05, 3.63) is 12.2 Å². The summed E-state index contributed by atoms with van der Waals surface area (Å²) in [6.07, 6.45) is 0. The Hall–Kier alpha value is -0.770. The maximum Gasteiger partial charge on any atom is 0.316 e. The quantitative estimate of drug-likeness (QED) is 0.494. The van der Waals surface area contributed by atoms with Crippen LogP contribution >= 0.6 is 11.8 Å². The lowest BCUT2D eigenvalue weighted by Gasteiger charge is -1.99. The first kappa shape index (κ1) is 11.2. The van der Waals surface area contributed by atoms with Crippen molar-refractivity contribution in [2.24, 2.45) is 0 Å². The zero-order valence-corrected chi connectivity index (χ0v) is 8.07. The predicted molar refractivity (Wildman–Crippen MR) is 48.9 cm³/mol. The second-order valence-corrected chi connectivity index (χ2v) is 3.11. The van der Waals surface area contributed by atoms with Crippen LogP contribution in [0.25, 0.3) is 0 Å². The first-order valence-corrected chi connectivity index (χ1v) is 4.54. The number of carbonyl (C=O) groups excluding carboxylic acids is 2. The molecule has 0 fully saturated rings. The van der Waals surface area contributed by atoms with Crippen molar-refractivity contribution in [3.63, 3.8) is 0 Å². The van der Waals surface area contributed by atoms with Gasteiger partial charge in [-0.25, -0.2) is 0 Å². The molecule has 0 aromatic rings. The predicted octanol–water partition coefficient (Wildman–Crippen LogP) is 1.39. The van der Waals surface area contributed by atoms with E-state index in [4.69, 9.17) is 0 Å². The number of hydrogen-bond donors (Lipinski definition) is 0. The second kappa shape index (κ2) is 5.83. The topological polar surface area (TPSA) is 43.4 Å². The zero-order valence-electron chi connectivity index (χ0n) is 7.25. The van der Waals surface area contributed by atoms with Crippen molar-refractivity contribution in [3.8, 4) is 0 Å². The minimum absolute atomic E-state index is 0.0690. The molecule has 0 aliphatic heterocycles. The largest absolute Gasteiger partial charge is 0.465 e. The Morgan fingerprint density at radius 3 is 2.50 bits per heavy atom. The molecule has 0 saturated heterocycles. The highest BCUT2D eigenvalue weighted by molar-refractivity contribution is 8.14. The van der Waals surface area contributed by atoms with E-state index >= 15 is 0 Å². The smallest absolute Gasteiger partial charge is 0.316 e. The van der Waals surface area contributed by atoms with E-state index in [0.717, 1.165) is 11.8 Å². The normalized spacial score (nSPS) is 9.17.